The Morgan fingerprint density at radius 1 is 1.41 bits per heavy atom. The Balaban J connectivity index is 1.83. The molecule has 22 heavy (non-hydrogen) atoms. The average molecular weight is 314 g/mol. The lowest BCUT2D eigenvalue weighted by Gasteiger charge is -2.08. The second-order valence-electron chi connectivity index (χ2n) is 4.68. The van der Waals surface area contributed by atoms with Gasteiger partial charge in [-0.2, -0.15) is 0 Å². The van der Waals surface area contributed by atoms with E-state index in [9.17, 15) is 4.79 Å². The van der Waals surface area contributed by atoms with Crippen molar-refractivity contribution < 1.29 is 4.79 Å². The second-order valence-corrected chi connectivity index (χ2v) is 5.80. The summed E-state index contributed by atoms with van der Waals surface area (Å²) in [5.41, 5.74) is 2.52. The summed E-state index contributed by atoms with van der Waals surface area (Å²) in [6, 6.07) is 5.60. The summed E-state index contributed by atoms with van der Waals surface area (Å²) in [6.45, 7) is 3.97. The van der Waals surface area contributed by atoms with Gasteiger partial charge in [0, 0.05) is 5.69 Å². The van der Waals surface area contributed by atoms with E-state index in [1.807, 2.05) is 32.0 Å². The Bertz CT molecular complexity index is 796. The first kappa shape index (κ1) is 14.3. The number of aromatic nitrogens is 5. The molecular weight excluding hydrogens is 300 g/mol. The number of anilines is 1. The highest BCUT2D eigenvalue weighted by molar-refractivity contribution is 7.13. The number of aryl methyl sites for hydroxylation is 2. The van der Waals surface area contributed by atoms with Crippen molar-refractivity contribution in [1.82, 2.24) is 25.2 Å². The van der Waals surface area contributed by atoms with Crippen LogP contribution in [0.1, 0.15) is 27.2 Å². The quantitative estimate of drug-likeness (QED) is 0.798. The minimum atomic E-state index is -0.163. The summed E-state index contributed by atoms with van der Waals surface area (Å²) in [7, 11) is 0. The molecular formula is C14H14N6OS. The molecule has 0 spiro atoms. The van der Waals surface area contributed by atoms with Gasteiger partial charge in [0.05, 0.1) is 16.9 Å². The molecule has 1 N–H and O–H groups in total. The molecule has 2 aromatic heterocycles. The predicted molar refractivity (Wildman–Crippen MR) is 83.3 cm³/mol. The summed E-state index contributed by atoms with van der Waals surface area (Å²) in [5.74, 6) is -0.163. The third-order valence-electron chi connectivity index (χ3n) is 3.14. The maximum Gasteiger partial charge on any atom is 0.267 e. The number of nitrogens with zero attached hydrogens (tertiary/aromatic N) is 5. The van der Waals surface area contributed by atoms with E-state index in [4.69, 9.17) is 0 Å². The molecule has 112 valence electrons. The average Bonchev–Trinajstić information content (AvgIpc) is 3.20. The monoisotopic (exact) mass is 314 g/mol. The Morgan fingerprint density at radius 3 is 2.95 bits per heavy atom. The van der Waals surface area contributed by atoms with Crippen molar-refractivity contribution in [1.29, 1.82) is 0 Å². The molecule has 2 heterocycles. The zero-order chi connectivity index (χ0) is 15.5. The molecule has 0 saturated carbocycles. The smallest absolute Gasteiger partial charge is 0.267 e. The Hall–Kier alpha value is -2.61. The van der Waals surface area contributed by atoms with Crippen LogP contribution in [0.5, 0.6) is 0 Å². The van der Waals surface area contributed by atoms with Gasteiger partial charge in [-0.05, 0) is 41.5 Å². The third-order valence-corrected chi connectivity index (χ3v) is 4.28. The standard InChI is InChI=1S/C14H14N6OS/c1-3-13-15-7-12(22-13)14(21)17-10-5-4-9(2)11(6-10)20-8-16-18-19-20/h4-8H,3H2,1-2H3,(H,17,21). The van der Waals surface area contributed by atoms with Crippen LogP contribution in [0.2, 0.25) is 0 Å². The van der Waals surface area contributed by atoms with Gasteiger partial charge in [0.25, 0.3) is 5.91 Å². The largest absolute Gasteiger partial charge is 0.321 e. The molecule has 0 aliphatic carbocycles. The van der Waals surface area contributed by atoms with Gasteiger partial charge in [-0.3, -0.25) is 4.79 Å². The van der Waals surface area contributed by atoms with Crippen LogP contribution in [0.4, 0.5) is 5.69 Å². The number of tetrazole rings is 1. The third kappa shape index (κ3) is 2.86. The van der Waals surface area contributed by atoms with Crippen LogP contribution >= 0.6 is 11.3 Å². The van der Waals surface area contributed by atoms with Crippen LogP contribution in [0.25, 0.3) is 5.69 Å². The number of amides is 1. The highest BCUT2D eigenvalue weighted by Gasteiger charge is 2.11. The molecule has 3 aromatic rings. The highest BCUT2D eigenvalue weighted by Crippen LogP contribution is 2.20. The summed E-state index contributed by atoms with van der Waals surface area (Å²) < 4.78 is 1.56. The van der Waals surface area contributed by atoms with Crippen molar-refractivity contribution in [3.05, 3.63) is 46.2 Å². The summed E-state index contributed by atoms with van der Waals surface area (Å²) in [5, 5.41) is 15.0. The number of nitrogens with one attached hydrogen (secondary N) is 1. The first-order valence-electron chi connectivity index (χ1n) is 6.77. The zero-order valence-corrected chi connectivity index (χ0v) is 13.0. The molecule has 0 aliphatic rings. The number of hydrogen-bond acceptors (Lipinski definition) is 6. The minimum absolute atomic E-state index is 0.163. The van der Waals surface area contributed by atoms with E-state index in [1.165, 1.54) is 17.7 Å². The molecule has 0 bridgehead atoms. The van der Waals surface area contributed by atoms with Crippen molar-refractivity contribution in [2.75, 3.05) is 5.32 Å². The second kappa shape index (κ2) is 6.02. The molecule has 0 saturated heterocycles. The van der Waals surface area contributed by atoms with Crippen LogP contribution in [0.15, 0.2) is 30.7 Å². The maximum absolute atomic E-state index is 12.2. The van der Waals surface area contributed by atoms with Crippen LogP contribution in [0.3, 0.4) is 0 Å². The minimum Gasteiger partial charge on any atom is -0.321 e. The van der Waals surface area contributed by atoms with Gasteiger partial charge < -0.3 is 5.32 Å². The van der Waals surface area contributed by atoms with Gasteiger partial charge >= 0.3 is 0 Å². The lowest BCUT2D eigenvalue weighted by Crippen LogP contribution is -2.11. The number of carbonyl (C=O) groups is 1. The number of hydrogen-bond donors (Lipinski definition) is 1. The van der Waals surface area contributed by atoms with Gasteiger partial charge in [-0.1, -0.05) is 13.0 Å². The van der Waals surface area contributed by atoms with Crippen molar-refractivity contribution in [3.8, 4) is 5.69 Å². The molecule has 1 amide bonds. The zero-order valence-electron chi connectivity index (χ0n) is 12.1. The highest BCUT2D eigenvalue weighted by atomic mass is 32.1. The van der Waals surface area contributed by atoms with Gasteiger partial charge in [0.2, 0.25) is 0 Å². The number of carbonyl (C=O) groups excluding carboxylic acids is 1. The van der Waals surface area contributed by atoms with E-state index >= 15 is 0 Å². The molecule has 0 fully saturated rings. The van der Waals surface area contributed by atoms with Crippen molar-refractivity contribution in [2.45, 2.75) is 20.3 Å². The topological polar surface area (TPSA) is 85.6 Å². The van der Waals surface area contributed by atoms with E-state index in [-0.39, 0.29) is 5.91 Å². The molecule has 3 rings (SSSR count). The van der Waals surface area contributed by atoms with E-state index in [0.29, 0.717) is 10.6 Å². The Morgan fingerprint density at radius 2 is 2.27 bits per heavy atom. The fourth-order valence-corrected chi connectivity index (χ4v) is 2.73. The molecule has 0 aliphatic heterocycles. The van der Waals surface area contributed by atoms with Gasteiger partial charge in [-0.25, -0.2) is 9.67 Å². The van der Waals surface area contributed by atoms with E-state index < -0.39 is 0 Å². The summed E-state index contributed by atoms with van der Waals surface area (Å²) in [4.78, 5) is 17.0. The van der Waals surface area contributed by atoms with Crippen molar-refractivity contribution in [3.63, 3.8) is 0 Å². The van der Waals surface area contributed by atoms with Crippen molar-refractivity contribution >= 4 is 22.9 Å². The summed E-state index contributed by atoms with van der Waals surface area (Å²) in [6.07, 6.45) is 3.95. The predicted octanol–water partition coefficient (Wildman–Crippen LogP) is 2.24. The maximum atomic E-state index is 12.2. The Kier molecular flexibility index (Phi) is 3.92. The molecule has 1 aromatic carbocycles. The van der Waals surface area contributed by atoms with Crippen LogP contribution in [0, 0.1) is 6.92 Å². The first-order chi connectivity index (χ1) is 10.7. The lowest BCUT2D eigenvalue weighted by molar-refractivity contribution is 0.103. The Labute approximate surface area is 131 Å². The van der Waals surface area contributed by atoms with Gasteiger partial charge in [-0.15, -0.1) is 16.4 Å². The fourth-order valence-electron chi connectivity index (χ4n) is 1.98. The van der Waals surface area contributed by atoms with Gasteiger partial charge in [0.1, 0.15) is 11.2 Å². The number of benzene rings is 1. The van der Waals surface area contributed by atoms with E-state index in [1.54, 1.807) is 10.9 Å². The van der Waals surface area contributed by atoms with Crippen molar-refractivity contribution in [2.24, 2.45) is 0 Å². The molecule has 0 unspecified atom stereocenters. The molecule has 8 heteroatoms. The van der Waals surface area contributed by atoms with E-state index in [2.05, 4.69) is 25.8 Å². The molecule has 0 radical (unpaired) electrons. The number of rotatable bonds is 4. The SMILES string of the molecule is CCc1ncc(C(=O)Nc2ccc(C)c(-n3cnnn3)c2)s1. The molecule has 0 atom stereocenters. The van der Waals surface area contributed by atoms with Crippen LogP contribution < -0.4 is 5.32 Å². The normalized spacial score (nSPS) is 10.6. The fraction of sp³-hybridized carbons (Fsp3) is 0.214. The number of thiazole rings is 1. The van der Waals surface area contributed by atoms with Crippen LogP contribution in [-0.4, -0.2) is 31.1 Å². The van der Waals surface area contributed by atoms with E-state index in [0.717, 1.165) is 22.7 Å². The lowest BCUT2D eigenvalue weighted by atomic mass is 10.2. The van der Waals surface area contributed by atoms with Gasteiger partial charge in [0.15, 0.2) is 0 Å². The first-order valence-corrected chi connectivity index (χ1v) is 7.59. The van der Waals surface area contributed by atoms with Crippen LogP contribution in [-0.2, 0) is 6.42 Å². The molecule has 7 nitrogen and oxygen atoms in total. The summed E-state index contributed by atoms with van der Waals surface area (Å²) >= 11 is 1.40.